The molecule has 43 heavy (non-hydrogen) atoms. The third-order valence-electron chi connectivity index (χ3n) is 6.51. The molecule has 4 aromatic heterocycles. The molecule has 7 aromatic rings. The fourth-order valence-corrected chi connectivity index (χ4v) is 4.42. The minimum Gasteiger partial charge on any atom is -0.486 e. The van der Waals surface area contributed by atoms with Gasteiger partial charge in [0.2, 0.25) is 5.71 Å². The smallest absolute Gasteiger partial charge is 0.216 e. The molecular weight excluding hydrogens is 707 g/mol. The van der Waals surface area contributed by atoms with Gasteiger partial charge in [0, 0.05) is 58.7 Å². The fraction of sp³-hybridized carbons (Fsp3) is 0.132. The second-order valence-electron chi connectivity index (χ2n) is 9.44. The van der Waals surface area contributed by atoms with Gasteiger partial charge in [-0.1, -0.05) is 64.5 Å². The Morgan fingerprint density at radius 2 is 1.65 bits per heavy atom. The van der Waals surface area contributed by atoms with Gasteiger partial charge in [-0.2, -0.15) is 0 Å². The van der Waals surface area contributed by atoms with E-state index in [1.54, 1.807) is 60.7 Å². The molecule has 0 amide bonds. The molecule has 0 aliphatic rings. The van der Waals surface area contributed by atoms with Gasteiger partial charge in [-0.15, -0.1) is 54.1 Å². The summed E-state index contributed by atoms with van der Waals surface area (Å²) in [5.41, 5.74) is 4.61. The van der Waals surface area contributed by atoms with Crippen molar-refractivity contribution in [1.82, 2.24) is 15.0 Å². The Labute approximate surface area is 281 Å². The molecule has 0 atom stereocenters. The van der Waals surface area contributed by atoms with Crippen LogP contribution in [0.15, 0.2) is 114 Å². The average molecular weight is 749 g/mol. The second-order valence-corrected chi connectivity index (χ2v) is 9.44. The van der Waals surface area contributed by atoms with Crippen molar-refractivity contribution in [1.29, 1.82) is 0 Å². The summed E-state index contributed by atoms with van der Waals surface area (Å²) >= 11 is 0. The van der Waals surface area contributed by atoms with Gasteiger partial charge in [0.25, 0.3) is 0 Å². The van der Waals surface area contributed by atoms with E-state index in [0.717, 1.165) is 16.6 Å². The largest absolute Gasteiger partial charge is 0.486 e. The Balaban J connectivity index is 0.000000276. The van der Waals surface area contributed by atoms with Crippen LogP contribution in [0.5, 0.6) is 0 Å². The standard InChI is InChI=1S/C26H21N2O.C12H10N.Ir/c1-17-6-9-19(10-7-17)11-12-20-14-15-27-24(16-20)23-5-3-4-21-22-13-8-18(2)28-26(22)29-25(21)23;1-10-7-8-12(13-9-10)11-5-3-2-4-6-11;/h3-4,6-10,13-16H,11-12H2,1-2H3;2-5,7-9H,1H3;/q2*-1;/i1D3,2D3,12D2;1D3;. The third kappa shape index (κ3) is 7.14. The van der Waals surface area contributed by atoms with E-state index in [-0.39, 0.29) is 49.1 Å². The average Bonchev–Trinajstić information content (AvgIpc) is 3.50. The van der Waals surface area contributed by atoms with E-state index >= 15 is 0 Å². The number of rotatable bonds is 5. The van der Waals surface area contributed by atoms with Crippen LogP contribution in [0.25, 0.3) is 44.6 Å². The molecule has 0 saturated heterocycles. The van der Waals surface area contributed by atoms with E-state index in [4.69, 9.17) is 19.5 Å². The van der Waals surface area contributed by atoms with Crippen LogP contribution in [0.1, 0.15) is 43.0 Å². The number of hydrogen-bond donors (Lipinski definition) is 0. The van der Waals surface area contributed by atoms with Crippen molar-refractivity contribution in [2.24, 2.45) is 0 Å². The molecule has 5 heteroatoms. The number of nitrogens with zero attached hydrogens (tertiary/aromatic N) is 3. The summed E-state index contributed by atoms with van der Waals surface area (Å²) in [5, 5.41) is 1.38. The Bertz CT molecular complexity index is 2360. The van der Waals surface area contributed by atoms with Crippen molar-refractivity contribution in [3.8, 4) is 22.5 Å². The Hall–Kier alpha value is -4.44. The van der Waals surface area contributed by atoms with Crippen LogP contribution >= 0.6 is 0 Å². The number of benzene rings is 3. The van der Waals surface area contributed by atoms with Crippen molar-refractivity contribution in [2.75, 3.05) is 0 Å². The summed E-state index contributed by atoms with van der Waals surface area (Å²) in [6, 6.07) is 33.0. The van der Waals surface area contributed by atoms with Gasteiger partial charge in [0.1, 0.15) is 0 Å². The molecule has 7 rings (SSSR count). The Kier molecular flexibility index (Phi) is 6.04. The molecule has 0 aliphatic heterocycles. The SMILES string of the molecule is [2H]C([2H])([2H])c1ccc(-c2[c-]cccc2)nc1.[2H]C([2H])([2H])c1ccc(CC([2H])([2H])c2ccnc(-c3[c-]ccc4c3oc3nc(C([2H])([2H])[2H])ccc34)c2)cc1.[Ir]. The molecule has 0 bridgehead atoms. The molecule has 0 unspecified atom stereocenters. The predicted octanol–water partition coefficient (Wildman–Crippen LogP) is 9.10. The third-order valence-corrected chi connectivity index (χ3v) is 6.51. The van der Waals surface area contributed by atoms with Crippen molar-refractivity contribution in [3.63, 3.8) is 0 Å². The maximum atomic E-state index is 8.70. The Morgan fingerprint density at radius 3 is 2.42 bits per heavy atom. The van der Waals surface area contributed by atoms with Gasteiger partial charge < -0.3 is 14.4 Å². The quantitative estimate of drug-likeness (QED) is 0.165. The summed E-state index contributed by atoms with van der Waals surface area (Å²) in [6.07, 6.45) is 1.18. The minimum atomic E-state index is -2.36. The number of furan rings is 1. The summed E-state index contributed by atoms with van der Waals surface area (Å²) in [4.78, 5) is 12.7. The molecule has 0 spiro atoms. The Morgan fingerprint density at radius 1 is 0.767 bits per heavy atom. The number of hydrogen-bond acceptors (Lipinski definition) is 4. The van der Waals surface area contributed by atoms with Gasteiger partial charge in [0.15, 0.2) is 0 Å². The summed E-state index contributed by atoms with van der Waals surface area (Å²) in [6.45, 7) is -6.67. The van der Waals surface area contributed by atoms with Crippen molar-refractivity contribution in [3.05, 3.63) is 150 Å². The second kappa shape index (κ2) is 13.7. The van der Waals surface area contributed by atoms with Crippen molar-refractivity contribution < 1.29 is 39.6 Å². The van der Waals surface area contributed by atoms with Gasteiger partial charge in [0.05, 0.1) is 5.58 Å². The molecule has 4 nitrogen and oxygen atoms in total. The fourth-order valence-electron chi connectivity index (χ4n) is 4.42. The monoisotopic (exact) mass is 749 g/mol. The molecule has 0 N–H and O–H groups in total. The molecule has 4 heterocycles. The minimum absolute atomic E-state index is 0. The van der Waals surface area contributed by atoms with Gasteiger partial charge in [-0.05, 0) is 74.1 Å². The van der Waals surface area contributed by atoms with E-state index in [9.17, 15) is 0 Å². The molecule has 0 aliphatic carbocycles. The molecule has 3 aromatic carbocycles. The zero-order valence-corrected chi connectivity index (χ0v) is 25.1. The van der Waals surface area contributed by atoms with Crippen molar-refractivity contribution >= 4 is 22.1 Å². The summed E-state index contributed by atoms with van der Waals surface area (Å²) in [5.74, 6) is 0. The van der Waals surface area contributed by atoms with E-state index in [2.05, 4.69) is 27.1 Å². The van der Waals surface area contributed by atoms with Crippen LogP contribution < -0.4 is 0 Å². The van der Waals surface area contributed by atoms with E-state index in [1.807, 2.05) is 18.2 Å². The van der Waals surface area contributed by atoms with E-state index < -0.39 is 26.9 Å². The van der Waals surface area contributed by atoms with Crippen LogP contribution in [-0.2, 0) is 32.9 Å². The molecular formula is C38H31IrN3O-2. The predicted molar refractivity (Wildman–Crippen MR) is 170 cm³/mol. The summed E-state index contributed by atoms with van der Waals surface area (Å²) < 4.78 is 90.4. The van der Waals surface area contributed by atoms with E-state index in [0.29, 0.717) is 33.4 Å². The molecule has 1 radical (unpaired) electrons. The van der Waals surface area contributed by atoms with Crippen LogP contribution in [0, 0.1) is 32.7 Å². The molecule has 215 valence electrons. The number of aromatic nitrogens is 3. The number of pyridine rings is 3. The normalized spacial score (nSPS) is 15.7. The van der Waals surface area contributed by atoms with Crippen LogP contribution in [0.4, 0.5) is 0 Å². The summed E-state index contributed by atoms with van der Waals surface area (Å²) in [7, 11) is 0. The van der Waals surface area contributed by atoms with Crippen LogP contribution in [-0.4, -0.2) is 15.0 Å². The van der Waals surface area contributed by atoms with Crippen molar-refractivity contribution in [2.45, 2.75) is 33.3 Å². The molecule has 0 fully saturated rings. The van der Waals surface area contributed by atoms with Gasteiger partial charge >= 0.3 is 0 Å². The topological polar surface area (TPSA) is 51.8 Å². The maximum absolute atomic E-state index is 8.70. The first kappa shape index (κ1) is 19.0. The first-order valence-corrected chi connectivity index (χ1v) is 13.1. The van der Waals surface area contributed by atoms with E-state index in [1.165, 1.54) is 30.6 Å². The first-order chi connectivity index (χ1) is 24.9. The zero-order chi connectivity index (χ0) is 38.2. The zero-order valence-electron chi connectivity index (χ0n) is 33.7. The maximum Gasteiger partial charge on any atom is 0.216 e. The number of aryl methyl sites for hydroxylation is 5. The first-order valence-electron chi connectivity index (χ1n) is 18.6. The van der Waals surface area contributed by atoms with Crippen LogP contribution in [0.2, 0.25) is 0 Å². The molecule has 0 saturated carbocycles. The van der Waals surface area contributed by atoms with Gasteiger partial charge in [-0.25, -0.2) is 4.98 Å². The van der Waals surface area contributed by atoms with Crippen LogP contribution in [0.3, 0.4) is 0 Å². The number of fused-ring (bicyclic) bond motifs is 3. The van der Waals surface area contributed by atoms with Gasteiger partial charge in [-0.3, -0.25) is 0 Å².